The Labute approximate surface area is 160 Å². The molecule has 0 aliphatic heterocycles. The number of Topliss-reactive ketones (excluding diaryl/α,β-unsaturated/α-hetero) is 6. The summed E-state index contributed by atoms with van der Waals surface area (Å²) in [4.78, 5) is 73.2. The molecule has 0 radical (unpaired) electrons. The fourth-order valence-electron chi connectivity index (χ4n) is 2.37. The van der Waals surface area contributed by atoms with E-state index in [0.29, 0.717) is 0 Å². The van der Waals surface area contributed by atoms with Gasteiger partial charge >= 0.3 is 0 Å². The molecule has 0 bridgehead atoms. The summed E-state index contributed by atoms with van der Waals surface area (Å²) in [5.74, 6) is -12.7. The van der Waals surface area contributed by atoms with E-state index in [1.807, 2.05) is 0 Å². The molecule has 0 aliphatic carbocycles. The first kappa shape index (κ1) is 17.0. The third-order valence-corrected chi connectivity index (χ3v) is 3.95. The summed E-state index contributed by atoms with van der Waals surface area (Å²) in [6, 6.07) is 0. The van der Waals surface area contributed by atoms with Crippen LogP contribution < -0.4 is 0 Å². The van der Waals surface area contributed by atoms with Crippen LogP contribution in [-0.4, -0.2) is 89.2 Å². The van der Waals surface area contributed by atoms with E-state index in [-0.39, 0.29) is 0 Å². The maximum Gasteiger partial charge on any atom is 0.240 e. The van der Waals surface area contributed by atoms with Crippen LogP contribution in [0.15, 0.2) is 0 Å². The summed E-state index contributed by atoms with van der Waals surface area (Å²) in [5, 5.41) is 53.0. The molecule has 0 saturated heterocycles. The molecule has 0 aromatic rings. The highest BCUT2D eigenvalue weighted by Crippen LogP contribution is 2.40. The second-order valence-electron chi connectivity index (χ2n) is 5.57. The second kappa shape index (κ2) is 7.82. The lowest BCUT2D eigenvalue weighted by Crippen LogP contribution is -2.82. The van der Waals surface area contributed by atoms with Crippen LogP contribution in [0.1, 0.15) is 41.4 Å². The van der Waals surface area contributed by atoms with Gasteiger partial charge in [-0.05, 0) is 27.6 Å². The summed E-state index contributed by atoms with van der Waals surface area (Å²) in [6.45, 7) is -7.88. The largest absolute Gasteiger partial charge is 0.386 e. The van der Waals surface area contributed by atoms with Crippen molar-refractivity contribution in [2.45, 2.75) is 63.5 Å². The molecule has 0 aliphatic rings. The van der Waals surface area contributed by atoms with Gasteiger partial charge in [0.2, 0.25) is 17.0 Å². The molecule has 0 heterocycles. The van der Waals surface area contributed by atoms with Crippen molar-refractivity contribution in [3.8, 4) is 0 Å². The minimum absolute atomic E-state index is 1.29. The van der Waals surface area contributed by atoms with E-state index in [0.717, 1.165) is 0 Å². The van der Waals surface area contributed by atoms with Crippen LogP contribution in [0.3, 0.4) is 0 Å². The van der Waals surface area contributed by atoms with E-state index in [9.17, 15) is 54.3 Å². The Kier molecular flexibility index (Phi) is 4.91. The van der Waals surface area contributed by atoms with Gasteiger partial charge in [-0.1, -0.05) is 0 Å². The molecular weight excluding hydrogens is 368 g/mol. The number of ketones is 6. The third kappa shape index (κ3) is 3.39. The summed E-state index contributed by atoms with van der Waals surface area (Å²) >= 11 is 0. The summed E-state index contributed by atoms with van der Waals surface area (Å²) in [5.41, 5.74) is -13.7. The van der Waals surface area contributed by atoms with Crippen molar-refractivity contribution in [1.82, 2.24) is 0 Å². The van der Waals surface area contributed by atoms with E-state index < -0.39 is 98.2 Å². The lowest BCUT2D eigenvalue weighted by atomic mass is 9.60. The zero-order chi connectivity index (χ0) is 25.7. The molecule has 152 valence electrons. The first-order chi connectivity index (χ1) is 14.6. The van der Waals surface area contributed by atoms with Crippen molar-refractivity contribution in [3.63, 3.8) is 0 Å². The molecule has 1 unspecified atom stereocenters. The summed E-state index contributed by atoms with van der Waals surface area (Å²) < 4.78 is 35.2. The lowest BCUT2D eigenvalue weighted by Gasteiger charge is -2.49. The average Bonchev–Trinajstić information content (AvgIpc) is 2.82. The molecule has 0 saturated carbocycles. The van der Waals surface area contributed by atoms with Gasteiger partial charge in [-0.25, -0.2) is 0 Å². The Hall–Kier alpha value is -2.18. The fourth-order valence-corrected chi connectivity index (χ4v) is 2.37. The van der Waals surface area contributed by atoms with E-state index in [1.165, 1.54) is 0 Å². The smallest absolute Gasteiger partial charge is 0.240 e. The van der Waals surface area contributed by atoms with Crippen LogP contribution in [-0.2, 0) is 28.8 Å². The molecule has 0 aromatic heterocycles. The van der Waals surface area contributed by atoms with Crippen LogP contribution in [0.25, 0.3) is 0 Å². The topological polar surface area (TPSA) is 204 Å². The minimum atomic E-state index is -4.68. The Balaban J connectivity index is 7.64. The highest BCUT2D eigenvalue weighted by Gasteiger charge is 2.75. The van der Waals surface area contributed by atoms with Crippen molar-refractivity contribution >= 4 is 34.7 Å². The molecular formula is C16H22O11. The van der Waals surface area contributed by atoms with Crippen LogP contribution in [0.4, 0.5) is 0 Å². The van der Waals surface area contributed by atoms with E-state index in [4.69, 9.17) is 6.85 Å². The van der Waals surface area contributed by atoms with Gasteiger partial charge in [0.25, 0.3) is 0 Å². The molecule has 0 aromatic carbocycles. The summed E-state index contributed by atoms with van der Waals surface area (Å²) in [7, 11) is 0. The Morgan fingerprint density at radius 2 is 1.30 bits per heavy atom. The molecule has 5 N–H and O–H groups in total. The molecule has 0 fully saturated rings. The molecule has 27 heavy (non-hydrogen) atoms. The Morgan fingerprint density at radius 3 is 1.70 bits per heavy atom. The predicted octanol–water partition coefficient (Wildman–Crippen LogP) is -3.58. The van der Waals surface area contributed by atoms with Gasteiger partial charge in [0.05, 0.1) is 0 Å². The maximum absolute atomic E-state index is 12.5. The van der Waals surface area contributed by atoms with Gasteiger partial charge < -0.3 is 25.5 Å². The van der Waals surface area contributed by atoms with E-state index in [2.05, 4.69) is 0 Å². The summed E-state index contributed by atoms with van der Waals surface area (Å²) in [6.07, 6.45) is -6.34. The first-order valence-corrected chi connectivity index (χ1v) is 6.84. The van der Waals surface area contributed by atoms with Gasteiger partial charge in [-0.3, -0.25) is 28.8 Å². The quantitative estimate of drug-likeness (QED) is 0.181. The standard InChI is InChI=1S/C16H22O11/c1-6(17)11(22)13(24)15(26,9(4)20)16(27,10(5)21)14(25,8(3)19)12(23)7(2)18/h11,13,22,24-27H,1-5H3/t11?,13-,14+,15-,16-/m1/s1/i1D,2D,3D,4D,5D. The van der Waals surface area contributed by atoms with Crippen molar-refractivity contribution in [2.75, 3.05) is 0 Å². The first-order valence-electron chi connectivity index (χ1n) is 10.4. The van der Waals surface area contributed by atoms with Crippen molar-refractivity contribution < 1.29 is 61.2 Å². The monoisotopic (exact) mass is 395 g/mol. The van der Waals surface area contributed by atoms with Crippen LogP contribution in [0.5, 0.6) is 0 Å². The highest BCUT2D eigenvalue weighted by atomic mass is 16.4. The number of aliphatic hydroxyl groups is 5. The Bertz CT molecular complexity index is 805. The fraction of sp³-hybridized carbons (Fsp3) is 0.625. The van der Waals surface area contributed by atoms with Crippen molar-refractivity contribution in [1.29, 1.82) is 0 Å². The van der Waals surface area contributed by atoms with Gasteiger partial charge in [0.1, 0.15) is 12.2 Å². The molecule has 11 nitrogen and oxygen atoms in total. The Morgan fingerprint density at radius 1 is 0.778 bits per heavy atom. The zero-order valence-corrected chi connectivity index (χ0v) is 13.9. The predicted molar refractivity (Wildman–Crippen MR) is 85.3 cm³/mol. The SMILES string of the molecule is [2H]CC(=O)C(=O)[C@@](O)(C(=O)C[2H])[C@](O)(C(=O)C[2H])[C@@](O)(C(=O)C[2H])[C@H](O)C(O)C(=O)C[2H]. The van der Waals surface area contributed by atoms with Gasteiger partial charge in [0.15, 0.2) is 34.5 Å². The molecule has 0 rings (SSSR count). The number of carbonyl (C=O) groups excluding carboxylic acids is 6. The normalized spacial score (nSPS) is 22.6. The van der Waals surface area contributed by atoms with Crippen LogP contribution >= 0.6 is 0 Å². The lowest BCUT2D eigenvalue weighted by molar-refractivity contribution is -0.250. The minimum Gasteiger partial charge on any atom is -0.386 e. The maximum atomic E-state index is 12.5. The average molecular weight is 395 g/mol. The second-order valence-corrected chi connectivity index (χ2v) is 5.57. The molecule has 0 amide bonds. The highest BCUT2D eigenvalue weighted by molar-refractivity contribution is 6.45. The number of aliphatic hydroxyl groups excluding tert-OH is 2. The van der Waals surface area contributed by atoms with Crippen molar-refractivity contribution in [2.24, 2.45) is 0 Å². The number of hydrogen-bond acceptors (Lipinski definition) is 11. The van der Waals surface area contributed by atoms with Gasteiger partial charge in [-0.2, -0.15) is 0 Å². The van der Waals surface area contributed by atoms with Crippen LogP contribution in [0.2, 0.25) is 0 Å². The number of hydrogen-bond donors (Lipinski definition) is 5. The molecule has 11 heteroatoms. The number of carbonyl (C=O) groups is 6. The van der Waals surface area contributed by atoms with Crippen molar-refractivity contribution in [3.05, 3.63) is 0 Å². The van der Waals surface area contributed by atoms with E-state index in [1.54, 1.807) is 0 Å². The number of rotatable bonds is 10. The third-order valence-electron chi connectivity index (χ3n) is 3.95. The van der Waals surface area contributed by atoms with Gasteiger partial charge in [-0.15, -0.1) is 0 Å². The zero-order valence-electron chi connectivity index (χ0n) is 18.9. The molecule has 0 spiro atoms. The molecule has 5 atom stereocenters. The van der Waals surface area contributed by atoms with E-state index >= 15 is 0 Å². The van der Waals surface area contributed by atoms with Gasteiger partial charge in [0, 0.05) is 13.8 Å². The van der Waals surface area contributed by atoms with Crippen LogP contribution in [0, 0.1) is 0 Å².